The molecular formula is C60H74N8O4. The Hall–Kier alpha value is -6.56. The lowest BCUT2D eigenvalue weighted by molar-refractivity contribution is 0.106. The van der Waals surface area contributed by atoms with E-state index >= 15 is 0 Å². The van der Waals surface area contributed by atoms with Gasteiger partial charge < -0.3 is 28.9 Å². The Balaban J connectivity index is 1.45. The molecule has 3 aromatic heterocycles. The van der Waals surface area contributed by atoms with Crippen LogP contribution < -0.4 is 18.9 Å². The average molecular weight is 971 g/mol. The zero-order valence-corrected chi connectivity index (χ0v) is 45.2. The van der Waals surface area contributed by atoms with Crippen LogP contribution in [0.25, 0.3) is 89.7 Å². The summed E-state index contributed by atoms with van der Waals surface area (Å²) in [6.07, 6.45) is -0.269. The normalized spacial score (nSPS) is 12.8. The predicted octanol–water partition coefficient (Wildman–Crippen LogP) is 15.1. The molecule has 0 saturated carbocycles. The lowest BCUT2D eigenvalue weighted by Gasteiger charge is -2.27. The lowest BCUT2D eigenvalue weighted by Crippen LogP contribution is -2.29. The van der Waals surface area contributed by atoms with Crippen molar-refractivity contribution in [2.75, 3.05) is 0 Å². The van der Waals surface area contributed by atoms with Crippen molar-refractivity contribution in [3.8, 4) is 68.5 Å². The van der Waals surface area contributed by atoms with Gasteiger partial charge in [0.05, 0.1) is 21.9 Å². The lowest BCUT2D eigenvalue weighted by atomic mass is 9.96. The number of aromatic amines is 2. The van der Waals surface area contributed by atoms with Crippen LogP contribution in [-0.2, 0) is 0 Å². The van der Waals surface area contributed by atoms with E-state index in [9.17, 15) is 0 Å². The molecule has 12 heteroatoms. The molecule has 0 amide bonds. The van der Waals surface area contributed by atoms with E-state index in [1.807, 2.05) is 60.7 Å². The Morgan fingerprint density at radius 3 is 0.903 bits per heavy atom. The van der Waals surface area contributed by atoms with Crippen LogP contribution in [0.2, 0.25) is 0 Å². The van der Waals surface area contributed by atoms with Crippen molar-refractivity contribution in [2.24, 2.45) is 47.3 Å². The Kier molecular flexibility index (Phi) is 14.1. The molecule has 9 rings (SSSR count). The highest BCUT2D eigenvalue weighted by molar-refractivity contribution is 6.10. The highest BCUT2D eigenvalue weighted by Gasteiger charge is 2.31. The van der Waals surface area contributed by atoms with Crippen molar-refractivity contribution in [2.45, 2.75) is 135 Å². The molecule has 7 aromatic rings. The molecular weight excluding hydrogens is 897 g/mol. The minimum atomic E-state index is -0.0689. The largest absolute Gasteiger partial charge is 0.489 e. The number of ether oxygens (including phenoxy) is 4. The summed E-state index contributed by atoms with van der Waals surface area (Å²) in [7, 11) is 0. The molecule has 5 heterocycles. The first-order valence-electron chi connectivity index (χ1n) is 26.3. The van der Waals surface area contributed by atoms with Gasteiger partial charge in [-0.1, -0.05) is 159 Å². The molecule has 0 fully saturated rings. The second-order valence-electron chi connectivity index (χ2n) is 22.6. The summed E-state index contributed by atoms with van der Waals surface area (Å²) >= 11 is 0. The fourth-order valence-electron chi connectivity index (χ4n) is 11.0. The zero-order chi connectivity index (χ0) is 51.4. The van der Waals surface area contributed by atoms with Crippen LogP contribution in [0.3, 0.4) is 0 Å². The topological polar surface area (TPSA) is 146 Å². The maximum Gasteiger partial charge on any atom is 0.168 e. The Morgan fingerprint density at radius 1 is 0.306 bits per heavy atom. The van der Waals surface area contributed by atoms with Crippen LogP contribution in [-0.4, -0.2) is 64.3 Å². The first kappa shape index (κ1) is 50.4. The summed E-state index contributed by atoms with van der Waals surface area (Å²) in [5, 5.41) is 3.23. The number of nitrogens with one attached hydrogen (secondary N) is 2. The van der Waals surface area contributed by atoms with Gasteiger partial charge in [-0.3, -0.25) is 0 Å². The van der Waals surface area contributed by atoms with Crippen LogP contribution in [0.5, 0.6) is 23.0 Å². The minimum absolute atomic E-state index is 0.0655. The molecule has 8 bridgehead atoms. The average Bonchev–Trinajstić information content (AvgIpc) is 4.06. The van der Waals surface area contributed by atoms with Gasteiger partial charge >= 0.3 is 0 Å². The van der Waals surface area contributed by atoms with Gasteiger partial charge in [0.15, 0.2) is 23.3 Å². The van der Waals surface area contributed by atoms with Gasteiger partial charge in [0.25, 0.3) is 0 Å². The molecule has 0 radical (unpaired) electrons. The fourth-order valence-corrected chi connectivity index (χ4v) is 11.0. The third kappa shape index (κ3) is 9.49. The molecule has 0 spiro atoms. The monoisotopic (exact) mass is 971 g/mol. The molecule has 12 nitrogen and oxygen atoms in total. The first-order valence-corrected chi connectivity index (χ1v) is 26.3. The summed E-state index contributed by atoms with van der Waals surface area (Å²) in [6, 6.07) is 24.3. The second kappa shape index (κ2) is 20.2. The van der Waals surface area contributed by atoms with E-state index in [-0.39, 0.29) is 71.8 Å². The Morgan fingerprint density at radius 2 is 0.583 bits per heavy atom. The predicted molar refractivity (Wildman–Crippen MR) is 292 cm³/mol. The maximum atomic E-state index is 7.01. The van der Waals surface area contributed by atoms with Gasteiger partial charge in [-0.15, -0.1) is 0 Å². The zero-order valence-electron chi connectivity index (χ0n) is 45.2. The number of fused-ring (bicyclic) bond motifs is 20. The van der Waals surface area contributed by atoms with Crippen LogP contribution in [0, 0.1) is 47.3 Å². The number of H-pyrrole nitrogens is 2. The molecule has 0 saturated heterocycles. The van der Waals surface area contributed by atoms with Crippen LogP contribution in [0.15, 0.2) is 72.8 Å². The fraction of sp³-hybridized carbons (Fsp3) is 0.467. The van der Waals surface area contributed by atoms with Crippen molar-refractivity contribution in [3.05, 3.63) is 72.8 Å². The van der Waals surface area contributed by atoms with E-state index in [1.54, 1.807) is 0 Å². The third-order valence-corrected chi connectivity index (χ3v) is 14.1. The summed E-state index contributed by atoms with van der Waals surface area (Å²) < 4.78 is 28.0. The quantitative estimate of drug-likeness (QED) is 0.0959. The molecule has 0 unspecified atom stereocenters. The van der Waals surface area contributed by atoms with Gasteiger partial charge in [0.1, 0.15) is 70.0 Å². The molecule has 0 atom stereocenters. The van der Waals surface area contributed by atoms with Crippen molar-refractivity contribution < 1.29 is 18.9 Å². The van der Waals surface area contributed by atoms with Crippen molar-refractivity contribution >= 4 is 44.1 Å². The Labute approximate surface area is 425 Å². The van der Waals surface area contributed by atoms with Crippen LogP contribution in [0.4, 0.5) is 0 Å². The van der Waals surface area contributed by atoms with Gasteiger partial charge in [-0.05, 0) is 71.6 Å². The van der Waals surface area contributed by atoms with Crippen molar-refractivity contribution in [3.63, 3.8) is 0 Å². The number of aromatic nitrogens is 8. The number of rotatable bonds is 16. The highest BCUT2D eigenvalue weighted by Crippen LogP contribution is 2.46. The van der Waals surface area contributed by atoms with E-state index in [4.69, 9.17) is 48.9 Å². The molecule has 2 N–H and O–H groups in total. The molecule has 378 valence electrons. The molecule has 0 aliphatic carbocycles. The van der Waals surface area contributed by atoms with E-state index in [1.165, 1.54) is 0 Å². The van der Waals surface area contributed by atoms with E-state index < -0.39 is 0 Å². The summed E-state index contributed by atoms with van der Waals surface area (Å²) in [5.74, 6) is 6.66. The summed E-state index contributed by atoms with van der Waals surface area (Å²) in [4.78, 5) is 39.8. The van der Waals surface area contributed by atoms with Crippen LogP contribution in [0.1, 0.15) is 111 Å². The summed E-state index contributed by atoms with van der Waals surface area (Å²) in [6.45, 7) is 35.2. The van der Waals surface area contributed by atoms with E-state index in [2.05, 4.69) is 133 Å². The number of nitrogens with zero attached hydrogens (tertiary/aromatic N) is 6. The molecule has 2 aliphatic rings. The van der Waals surface area contributed by atoms with Gasteiger partial charge in [-0.25, -0.2) is 29.9 Å². The highest BCUT2D eigenvalue weighted by atomic mass is 16.5. The van der Waals surface area contributed by atoms with Gasteiger partial charge in [0.2, 0.25) is 0 Å². The van der Waals surface area contributed by atoms with Crippen molar-refractivity contribution in [1.82, 2.24) is 39.9 Å². The minimum Gasteiger partial charge on any atom is -0.489 e. The third-order valence-electron chi connectivity index (χ3n) is 14.1. The molecule has 2 aliphatic heterocycles. The Bertz CT molecular complexity index is 3040. The number of hydrogen-bond acceptors (Lipinski definition) is 10. The van der Waals surface area contributed by atoms with E-state index in [0.29, 0.717) is 68.9 Å². The molecule has 4 aromatic carbocycles. The summed E-state index contributed by atoms with van der Waals surface area (Å²) in [5.41, 5.74) is 5.35. The SMILES string of the molecule is CC(C)C(Oc1cccc2c1-c1nc-2nc2[nH]c(nc3nc(nc4[nH]c(n1)c1c(OC(C(C)C)C(C)C)cccc41)-c1cccc(OC(C(C)C)C(C)C)c1-3)c1c(OC(C(C)C)C(C)C)cccc21)C(C)C. The standard InChI is InChI=1S/C60H74N8O4/c1-29(2)49(30(3)4)69-41-25-17-21-37-45(41)57-63-53(37)61-54-39-23-19-27-43(71-51(33(9)10)34(11)12)47(39)59(65-54)68-60-48-40(24-20-28-44(48)72-52(35(13)14)36(15)16)56(66-60)62-55-38-22-18-26-42(46(38)58(64-55)67-57)70-50(31(5)6)32(7)8/h17-36,49-52H,1-16H3,(H2,61,62,63,64,65,66,67,68). The number of hydrogen-bond donors (Lipinski definition) is 2. The number of benzene rings is 4. The van der Waals surface area contributed by atoms with E-state index in [0.717, 1.165) is 43.8 Å². The maximum absolute atomic E-state index is 7.01. The van der Waals surface area contributed by atoms with Gasteiger partial charge in [-0.2, -0.15) is 0 Å². The van der Waals surface area contributed by atoms with Gasteiger partial charge in [0, 0.05) is 21.9 Å². The smallest absolute Gasteiger partial charge is 0.168 e. The first-order chi connectivity index (χ1) is 34.3. The molecule has 72 heavy (non-hydrogen) atoms. The van der Waals surface area contributed by atoms with Crippen molar-refractivity contribution in [1.29, 1.82) is 0 Å². The second-order valence-corrected chi connectivity index (χ2v) is 22.6. The van der Waals surface area contributed by atoms with Crippen LogP contribution >= 0.6 is 0 Å².